The van der Waals surface area contributed by atoms with Crippen molar-refractivity contribution in [2.24, 2.45) is 0 Å². The van der Waals surface area contributed by atoms with Crippen LogP contribution in [0.25, 0.3) is 11.3 Å². The van der Waals surface area contributed by atoms with Crippen LogP contribution in [0.4, 0.5) is 0 Å². The van der Waals surface area contributed by atoms with E-state index >= 15 is 0 Å². The molecule has 0 bridgehead atoms. The Morgan fingerprint density at radius 1 is 1.27 bits per heavy atom. The fourth-order valence-electron chi connectivity index (χ4n) is 1.38. The van der Waals surface area contributed by atoms with Gasteiger partial charge in [0.1, 0.15) is 5.82 Å². The van der Waals surface area contributed by atoms with E-state index in [0.717, 1.165) is 28.5 Å². The van der Waals surface area contributed by atoms with E-state index in [2.05, 4.69) is 9.97 Å². The lowest BCUT2D eigenvalue weighted by Gasteiger charge is -2.02. The maximum absolute atomic E-state index is 5.93. The maximum Gasteiger partial charge on any atom is 0.128 e. The van der Waals surface area contributed by atoms with Gasteiger partial charge in [0.2, 0.25) is 0 Å². The number of hydrogen-bond acceptors (Lipinski definition) is 2. The Bertz CT molecular complexity index is 469. The van der Waals surface area contributed by atoms with Gasteiger partial charge in [0.15, 0.2) is 0 Å². The van der Waals surface area contributed by atoms with Crippen molar-refractivity contribution < 1.29 is 0 Å². The molecule has 0 N–H and O–H groups in total. The lowest BCUT2D eigenvalue weighted by Crippen LogP contribution is -1.93. The molecule has 0 amide bonds. The molecule has 0 aliphatic rings. The summed E-state index contributed by atoms with van der Waals surface area (Å²) in [6, 6.07) is 9.57. The SMILES string of the molecule is CCc1nccc(-c2cccc(Cl)c2)n1. The zero-order valence-corrected chi connectivity index (χ0v) is 9.20. The van der Waals surface area contributed by atoms with Gasteiger partial charge in [-0.05, 0) is 18.2 Å². The first kappa shape index (κ1) is 10.1. The van der Waals surface area contributed by atoms with Gasteiger partial charge in [-0.3, -0.25) is 0 Å². The van der Waals surface area contributed by atoms with Crippen LogP contribution in [0.3, 0.4) is 0 Å². The first-order chi connectivity index (χ1) is 7.29. The molecule has 2 nitrogen and oxygen atoms in total. The number of hydrogen-bond donors (Lipinski definition) is 0. The predicted molar refractivity (Wildman–Crippen MR) is 61.9 cm³/mol. The Morgan fingerprint density at radius 3 is 2.87 bits per heavy atom. The third kappa shape index (κ3) is 2.34. The molecular weight excluding hydrogens is 208 g/mol. The molecule has 0 spiro atoms. The number of benzene rings is 1. The molecule has 1 aromatic carbocycles. The minimum absolute atomic E-state index is 0.726. The van der Waals surface area contributed by atoms with E-state index < -0.39 is 0 Å². The molecule has 0 saturated heterocycles. The van der Waals surface area contributed by atoms with Gasteiger partial charge < -0.3 is 0 Å². The van der Waals surface area contributed by atoms with Crippen molar-refractivity contribution in [2.75, 3.05) is 0 Å². The molecule has 2 rings (SSSR count). The smallest absolute Gasteiger partial charge is 0.128 e. The Balaban J connectivity index is 2.44. The molecule has 15 heavy (non-hydrogen) atoms. The quantitative estimate of drug-likeness (QED) is 0.773. The Kier molecular flexibility index (Phi) is 2.97. The maximum atomic E-state index is 5.93. The summed E-state index contributed by atoms with van der Waals surface area (Å²) in [6.45, 7) is 2.04. The Morgan fingerprint density at radius 2 is 2.13 bits per heavy atom. The van der Waals surface area contributed by atoms with Gasteiger partial charge in [-0.1, -0.05) is 30.7 Å². The number of aryl methyl sites for hydroxylation is 1. The Labute approximate surface area is 94.0 Å². The summed E-state index contributed by atoms with van der Waals surface area (Å²) in [6.07, 6.45) is 2.62. The van der Waals surface area contributed by atoms with Crippen LogP contribution in [-0.4, -0.2) is 9.97 Å². The van der Waals surface area contributed by atoms with Crippen molar-refractivity contribution in [3.05, 3.63) is 47.4 Å². The normalized spacial score (nSPS) is 10.3. The molecular formula is C12H11ClN2. The monoisotopic (exact) mass is 218 g/mol. The molecule has 0 aliphatic heterocycles. The molecule has 0 radical (unpaired) electrons. The molecule has 0 atom stereocenters. The number of rotatable bonds is 2. The third-order valence-corrected chi connectivity index (χ3v) is 2.38. The summed E-state index contributed by atoms with van der Waals surface area (Å²) in [4.78, 5) is 8.59. The summed E-state index contributed by atoms with van der Waals surface area (Å²) in [5, 5.41) is 0.726. The summed E-state index contributed by atoms with van der Waals surface area (Å²) in [5.74, 6) is 0.854. The standard InChI is InChI=1S/C12H11ClN2/c1-2-12-14-7-6-11(15-12)9-4-3-5-10(13)8-9/h3-8H,2H2,1H3. The molecule has 0 fully saturated rings. The first-order valence-corrected chi connectivity index (χ1v) is 5.25. The highest BCUT2D eigenvalue weighted by Crippen LogP contribution is 2.20. The van der Waals surface area contributed by atoms with Crippen molar-refractivity contribution in [3.63, 3.8) is 0 Å². The van der Waals surface area contributed by atoms with E-state index in [0.29, 0.717) is 0 Å². The highest BCUT2D eigenvalue weighted by atomic mass is 35.5. The van der Waals surface area contributed by atoms with E-state index in [-0.39, 0.29) is 0 Å². The lowest BCUT2D eigenvalue weighted by molar-refractivity contribution is 0.943. The summed E-state index contributed by atoms with van der Waals surface area (Å²) in [7, 11) is 0. The highest BCUT2D eigenvalue weighted by Gasteiger charge is 2.01. The van der Waals surface area contributed by atoms with Crippen LogP contribution in [0, 0.1) is 0 Å². The van der Waals surface area contributed by atoms with E-state index in [4.69, 9.17) is 11.6 Å². The molecule has 0 saturated carbocycles. The number of nitrogens with zero attached hydrogens (tertiary/aromatic N) is 2. The van der Waals surface area contributed by atoms with Crippen LogP contribution in [-0.2, 0) is 6.42 Å². The second kappa shape index (κ2) is 4.41. The zero-order chi connectivity index (χ0) is 10.7. The lowest BCUT2D eigenvalue weighted by atomic mass is 10.1. The molecule has 0 aliphatic carbocycles. The molecule has 2 aromatic rings. The van der Waals surface area contributed by atoms with E-state index in [1.54, 1.807) is 6.20 Å². The van der Waals surface area contributed by atoms with Crippen molar-refractivity contribution in [1.82, 2.24) is 9.97 Å². The molecule has 1 aromatic heterocycles. The van der Waals surface area contributed by atoms with Crippen molar-refractivity contribution in [3.8, 4) is 11.3 Å². The van der Waals surface area contributed by atoms with E-state index in [9.17, 15) is 0 Å². The summed E-state index contributed by atoms with van der Waals surface area (Å²) < 4.78 is 0. The third-order valence-electron chi connectivity index (χ3n) is 2.14. The average molecular weight is 219 g/mol. The minimum Gasteiger partial charge on any atom is -0.241 e. The van der Waals surface area contributed by atoms with Gasteiger partial charge in [0.05, 0.1) is 5.69 Å². The molecule has 1 heterocycles. The van der Waals surface area contributed by atoms with Crippen LogP contribution in [0.15, 0.2) is 36.5 Å². The Hall–Kier alpha value is -1.41. The van der Waals surface area contributed by atoms with Crippen LogP contribution in [0.5, 0.6) is 0 Å². The fourth-order valence-corrected chi connectivity index (χ4v) is 1.57. The topological polar surface area (TPSA) is 25.8 Å². The largest absolute Gasteiger partial charge is 0.241 e. The van der Waals surface area contributed by atoms with Crippen LogP contribution < -0.4 is 0 Å². The van der Waals surface area contributed by atoms with E-state index in [1.165, 1.54) is 0 Å². The molecule has 0 unspecified atom stereocenters. The zero-order valence-electron chi connectivity index (χ0n) is 8.44. The summed E-state index contributed by atoms with van der Waals surface area (Å²) in [5.41, 5.74) is 1.95. The molecule has 76 valence electrons. The number of aromatic nitrogens is 2. The van der Waals surface area contributed by atoms with Crippen molar-refractivity contribution in [2.45, 2.75) is 13.3 Å². The summed E-state index contributed by atoms with van der Waals surface area (Å²) >= 11 is 5.93. The minimum atomic E-state index is 0.726. The second-order valence-corrected chi connectivity index (χ2v) is 3.66. The van der Waals surface area contributed by atoms with Crippen LogP contribution >= 0.6 is 11.6 Å². The second-order valence-electron chi connectivity index (χ2n) is 3.22. The predicted octanol–water partition coefficient (Wildman–Crippen LogP) is 3.36. The van der Waals surface area contributed by atoms with Gasteiger partial charge in [-0.2, -0.15) is 0 Å². The van der Waals surface area contributed by atoms with Crippen molar-refractivity contribution in [1.29, 1.82) is 0 Å². The number of halogens is 1. The first-order valence-electron chi connectivity index (χ1n) is 4.87. The van der Waals surface area contributed by atoms with Gasteiger partial charge in [-0.25, -0.2) is 9.97 Å². The average Bonchev–Trinajstić information content (AvgIpc) is 2.29. The highest BCUT2D eigenvalue weighted by molar-refractivity contribution is 6.30. The van der Waals surface area contributed by atoms with Gasteiger partial charge in [0, 0.05) is 23.2 Å². The van der Waals surface area contributed by atoms with Crippen LogP contribution in [0.2, 0.25) is 5.02 Å². The van der Waals surface area contributed by atoms with Crippen molar-refractivity contribution >= 4 is 11.6 Å². The van der Waals surface area contributed by atoms with E-state index in [1.807, 2.05) is 37.3 Å². The van der Waals surface area contributed by atoms with Gasteiger partial charge in [-0.15, -0.1) is 0 Å². The van der Waals surface area contributed by atoms with Crippen LogP contribution in [0.1, 0.15) is 12.7 Å². The van der Waals surface area contributed by atoms with Gasteiger partial charge >= 0.3 is 0 Å². The van der Waals surface area contributed by atoms with Gasteiger partial charge in [0.25, 0.3) is 0 Å². The fraction of sp³-hybridized carbons (Fsp3) is 0.167. The molecule has 3 heteroatoms.